The number of esters is 1. The van der Waals surface area contributed by atoms with Crippen molar-refractivity contribution in [3.8, 4) is 0 Å². The first-order valence-electron chi connectivity index (χ1n) is 4.71. The summed E-state index contributed by atoms with van der Waals surface area (Å²) in [6.45, 7) is 1.56. The molecule has 0 atom stereocenters. The first-order valence-corrected chi connectivity index (χ1v) is 4.71. The summed E-state index contributed by atoms with van der Waals surface area (Å²) < 4.78 is 54.7. The number of hydrogen-bond acceptors (Lipinski definition) is 3. The molecule has 0 unspecified atom stereocenters. The van der Waals surface area contributed by atoms with E-state index in [4.69, 9.17) is 0 Å². The van der Waals surface area contributed by atoms with E-state index >= 15 is 0 Å². The van der Waals surface area contributed by atoms with Crippen LogP contribution in [0.4, 0.5) is 17.6 Å². The van der Waals surface area contributed by atoms with Crippen LogP contribution in [0.2, 0.25) is 0 Å². The molecule has 0 aliphatic rings. The Kier molecular flexibility index (Phi) is 4.03. The SMILES string of the molecule is CCOC(=O)Cc1cc(F)cnc1C(F)(F)F. The summed E-state index contributed by atoms with van der Waals surface area (Å²) in [4.78, 5) is 14.0. The molecule has 0 aliphatic carbocycles. The van der Waals surface area contributed by atoms with Gasteiger partial charge in [-0.15, -0.1) is 0 Å². The molecule has 1 aromatic rings. The van der Waals surface area contributed by atoms with Crippen molar-refractivity contribution in [2.45, 2.75) is 19.5 Å². The van der Waals surface area contributed by atoms with E-state index < -0.39 is 35.6 Å². The van der Waals surface area contributed by atoms with E-state index in [9.17, 15) is 22.4 Å². The molecule has 0 N–H and O–H groups in total. The molecule has 3 nitrogen and oxygen atoms in total. The molecule has 7 heteroatoms. The van der Waals surface area contributed by atoms with Crippen LogP contribution in [0.25, 0.3) is 0 Å². The normalized spacial score (nSPS) is 11.4. The van der Waals surface area contributed by atoms with Crippen LogP contribution < -0.4 is 0 Å². The second-order valence-corrected chi connectivity index (χ2v) is 3.14. The topological polar surface area (TPSA) is 39.2 Å². The monoisotopic (exact) mass is 251 g/mol. The zero-order chi connectivity index (χ0) is 13.1. The fourth-order valence-electron chi connectivity index (χ4n) is 1.24. The number of carbonyl (C=O) groups is 1. The molecule has 17 heavy (non-hydrogen) atoms. The van der Waals surface area contributed by atoms with Gasteiger partial charge in [0, 0.05) is 0 Å². The van der Waals surface area contributed by atoms with Crippen LogP contribution >= 0.6 is 0 Å². The molecule has 0 aromatic carbocycles. The van der Waals surface area contributed by atoms with Gasteiger partial charge in [-0.3, -0.25) is 4.79 Å². The molecule has 1 rings (SSSR count). The third kappa shape index (κ3) is 3.69. The minimum atomic E-state index is -4.73. The number of halogens is 4. The van der Waals surface area contributed by atoms with Gasteiger partial charge in [-0.1, -0.05) is 0 Å². The van der Waals surface area contributed by atoms with Gasteiger partial charge in [0.15, 0.2) is 0 Å². The van der Waals surface area contributed by atoms with E-state index in [1.54, 1.807) is 0 Å². The highest BCUT2D eigenvalue weighted by atomic mass is 19.4. The van der Waals surface area contributed by atoms with E-state index in [0.717, 1.165) is 0 Å². The van der Waals surface area contributed by atoms with Crippen molar-refractivity contribution in [2.75, 3.05) is 6.61 Å². The summed E-state index contributed by atoms with van der Waals surface area (Å²) in [6, 6.07) is 0.632. The molecule has 0 saturated heterocycles. The molecule has 1 aromatic heterocycles. The van der Waals surface area contributed by atoms with Crippen LogP contribution in [0.5, 0.6) is 0 Å². The van der Waals surface area contributed by atoms with Gasteiger partial charge < -0.3 is 4.74 Å². The first-order chi connectivity index (χ1) is 7.84. The predicted molar refractivity (Wildman–Crippen MR) is 49.5 cm³/mol. The summed E-state index contributed by atoms with van der Waals surface area (Å²) in [6.07, 6.45) is -4.93. The van der Waals surface area contributed by atoms with Crippen LogP contribution in [0.3, 0.4) is 0 Å². The molecular weight excluding hydrogens is 242 g/mol. The summed E-state index contributed by atoms with van der Waals surface area (Å²) >= 11 is 0. The Hall–Kier alpha value is -1.66. The fourth-order valence-corrected chi connectivity index (χ4v) is 1.24. The van der Waals surface area contributed by atoms with E-state index in [1.165, 1.54) is 6.92 Å². The molecule has 0 spiro atoms. The average molecular weight is 251 g/mol. The lowest BCUT2D eigenvalue weighted by Gasteiger charge is -2.11. The summed E-state index contributed by atoms with van der Waals surface area (Å²) in [5.41, 5.74) is -1.80. The van der Waals surface area contributed by atoms with E-state index in [-0.39, 0.29) is 6.61 Å². The highest BCUT2D eigenvalue weighted by molar-refractivity contribution is 5.72. The molecule has 0 aliphatic heterocycles. The Bertz CT molecular complexity index is 417. The van der Waals surface area contributed by atoms with Crippen molar-refractivity contribution >= 4 is 5.97 Å². The molecule has 0 saturated carbocycles. The maximum atomic E-state index is 12.8. The first kappa shape index (κ1) is 13.4. The van der Waals surface area contributed by atoms with E-state index in [0.29, 0.717) is 12.3 Å². The summed E-state index contributed by atoms with van der Waals surface area (Å²) in [5, 5.41) is 0. The molecule has 1 heterocycles. The summed E-state index contributed by atoms with van der Waals surface area (Å²) in [7, 11) is 0. The van der Waals surface area contributed by atoms with Crippen molar-refractivity contribution in [2.24, 2.45) is 0 Å². The van der Waals surface area contributed by atoms with Gasteiger partial charge in [-0.05, 0) is 18.6 Å². The second-order valence-electron chi connectivity index (χ2n) is 3.14. The maximum absolute atomic E-state index is 12.8. The van der Waals surface area contributed by atoms with Crippen molar-refractivity contribution < 1.29 is 27.1 Å². The standard InChI is InChI=1S/C10H9F4NO2/c1-2-17-8(16)4-6-3-7(11)5-15-9(6)10(12,13)14/h3,5H,2,4H2,1H3. The number of hydrogen-bond donors (Lipinski definition) is 0. The van der Waals surface area contributed by atoms with Gasteiger partial charge in [0.2, 0.25) is 0 Å². The second kappa shape index (κ2) is 5.11. The van der Waals surface area contributed by atoms with Gasteiger partial charge in [-0.25, -0.2) is 9.37 Å². The number of carbonyl (C=O) groups excluding carboxylic acids is 1. The third-order valence-corrected chi connectivity index (χ3v) is 1.84. The number of ether oxygens (including phenoxy) is 1. The predicted octanol–water partition coefficient (Wildman–Crippen LogP) is 2.35. The van der Waals surface area contributed by atoms with Gasteiger partial charge in [0.1, 0.15) is 11.5 Å². The fraction of sp³-hybridized carbons (Fsp3) is 0.400. The Balaban J connectivity index is 3.04. The zero-order valence-electron chi connectivity index (χ0n) is 8.84. The van der Waals surface area contributed by atoms with Gasteiger partial charge >= 0.3 is 12.1 Å². The zero-order valence-corrected chi connectivity index (χ0v) is 8.84. The Morgan fingerprint density at radius 2 is 2.12 bits per heavy atom. The maximum Gasteiger partial charge on any atom is 0.433 e. The molecule has 0 fully saturated rings. The lowest BCUT2D eigenvalue weighted by molar-refractivity contribution is -0.144. The minimum Gasteiger partial charge on any atom is -0.466 e. The lowest BCUT2D eigenvalue weighted by atomic mass is 10.1. The smallest absolute Gasteiger partial charge is 0.433 e. The van der Waals surface area contributed by atoms with Crippen LogP contribution in [-0.2, 0) is 22.1 Å². The molecule has 0 bridgehead atoms. The largest absolute Gasteiger partial charge is 0.466 e. The Labute approximate surface area is 94.4 Å². The van der Waals surface area contributed by atoms with E-state index in [1.807, 2.05) is 0 Å². The van der Waals surface area contributed by atoms with Gasteiger partial charge in [0.05, 0.1) is 19.2 Å². The molecule has 94 valence electrons. The minimum absolute atomic E-state index is 0.0446. The van der Waals surface area contributed by atoms with Crippen LogP contribution in [0.15, 0.2) is 12.3 Å². The highest BCUT2D eigenvalue weighted by Gasteiger charge is 2.36. The third-order valence-electron chi connectivity index (χ3n) is 1.84. The average Bonchev–Trinajstić information content (AvgIpc) is 2.15. The lowest BCUT2D eigenvalue weighted by Crippen LogP contribution is -2.16. The number of rotatable bonds is 3. The van der Waals surface area contributed by atoms with Crippen molar-refractivity contribution in [1.29, 1.82) is 0 Å². The number of pyridine rings is 1. The van der Waals surface area contributed by atoms with Crippen molar-refractivity contribution in [1.82, 2.24) is 4.98 Å². The van der Waals surface area contributed by atoms with Crippen molar-refractivity contribution in [3.63, 3.8) is 0 Å². The van der Waals surface area contributed by atoms with Crippen molar-refractivity contribution in [3.05, 3.63) is 29.3 Å². The van der Waals surface area contributed by atoms with Crippen LogP contribution in [-0.4, -0.2) is 17.6 Å². The van der Waals surface area contributed by atoms with Gasteiger partial charge in [-0.2, -0.15) is 13.2 Å². The summed E-state index contributed by atoms with van der Waals surface area (Å²) in [5.74, 6) is -1.79. The van der Waals surface area contributed by atoms with Crippen LogP contribution in [0, 0.1) is 5.82 Å². The number of alkyl halides is 3. The Morgan fingerprint density at radius 3 is 2.65 bits per heavy atom. The van der Waals surface area contributed by atoms with E-state index in [2.05, 4.69) is 9.72 Å². The highest BCUT2D eigenvalue weighted by Crippen LogP contribution is 2.30. The quantitative estimate of drug-likeness (QED) is 0.611. The molecule has 0 radical (unpaired) electrons. The van der Waals surface area contributed by atoms with Crippen LogP contribution in [0.1, 0.15) is 18.2 Å². The molecule has 0 amide bonds. The molecular formula is C10H9F4NO2. The Morgan fingerprint density at radius 1 is 1.47 bits per heavy atom. The number of nitrogens with zero attached hydrogens (tertiary/aromatic N) is 1. The van der Waals surface area contributed by atoms with Gasteiger partial charge in [0.25, 0.3) is 0 Å². The number of aromatic nitrogens is 1.